The van der Waals surface area contributed by atoms with Gasteiger partial charge in [-0.15, -0.1) is 0 Å². The molecule has 1 rings (SSSR count). The van der Waals surface area contributed by atoms with Crippen molar-refractivity contribution < 1.29 is 14.3 Å². The van der Waals surface area contributed by atoms with Gasteiger partial charge in [0.15, 0.2) is 0 Å². The Morgan fingerprint density at radius 2 is 2.12 bits per heavy atom. The molecule has 16 heavy (non-hydrogen) atoms. The molecule has 2 radical (unpaired) electrons. The van der Waals surface area contributed by atoms with E-state index >= 15 is 0 Å². The van der Waals surface area contributed by atoms with Gasteiger partial charge in [-0.05, 0) is 18.9 Å². The second kappa shape index (κ2) is 7.43. The summed E-state index contributed by atoms with van der Waals surface area (Å²) in [5.41, 5.74) is 0. The molecule has 1 unspecified atom stereocenters. The predicted molar refractivity (Wildman–Crippen MR) is 64.9 cm³/mol. The third kappa shape index (κ3) is 4.34. The van der Waals surface area contributed by atoms with Crippen LogP contribution in [0, 0.1) is 0 Å². The van der Waals surface area contributed by atoms with Crippen molar-refractivity contribution in [1.82, 2.24) is 0 Å². The van der Waals surface area contributed by atoms with Gasteiger partial charge in [0.2, 0.25) is 0 Å². The fourth-order valence-electron chi connectivity index (χ4n) is 1.28. The van der Waals surface area contributed by atoms with Crippen LogP contribution >= 0.6 is 0 Å². The average molecular weight is 238 g/mol. The summed E-state index contributed by atoms with van der Waals surface area (Å²) in [6, 6.07) is 7.22. The van der Waals surface area contributed by atoms with Crippen LogP contribution in [0.15, 0.2) is 24.3 Å². The fraction of sp³-hybridized carbons (Fsp3) is 0.500. The first-order valence-corrected chi connectivity index (χ1v) is 6.41. The summed E-state index contributed by atoms with van der Waals surface area (Å²) in [5.74, 6) is 0.283. The molecule has 0 bridgehead atoms. The average Bonchev–Trinajstić information content (AvgIpc) is 2.31. The van der Waals surface area contributed by atoms with Gasteiger partial charge in [-0.3, -0.25) is 0 Å². The highest BCUT2D eigenvalue weighted by atomic mass is 28.2. The van der Waals surface area contributed by atoms with E-state index in [0.29, 0.717) is 0 Å². The summed E-state index contributed by atoms with van der Waals surface area (Å²) < 4.78 is 10.8. The predicted octanol–water partition coefficient (Wildman–Crippen LogP) is 1.82. The van der Waals surface area contributed by atoms with Crippen LogP contribution in [0.4, 0.5) is 0 Å². The van der Waals surface area contributed by atoms with Crippen LogP contribution in [0.2, 0.25) is 0 Å². The van der Waals surface area contributed by atoms with Crippen molar-refractivity contribution in [3.05, 3.63) is 24.3 Å². The number of ether oxygens (including phenoxy) is 1. The van der Waals surface area contributed by atoms with Crippen molar-refractivity contribution in [2.24, 2.45) is 0 Å². The fourth-order valence-corrected chi connectivity index (χ4v) is 2.11. The number of para-hydroxylation sites is 1. The monoisotopic (exact) mass is 238 g/mol. The largest absolute Gasteiger partial charge is 0.508 e. The molecule has 0 aromatic heterocycles. The molecule has 0 heterocycles. The first-order valence-electron chi connectivity index (χ1n) is 5.50. The Morgan fingerprint density at radius 1 is 1.38 bits per heavy atom. The van der Waals surface area contributed by atoms with Gasteiger partial charge >= 0.3 is 0 Å². The van der Waals surface area contributed by atoms with Crippen LogP contribution in [0.25, 0.3) is 0 Å². The minimum absolute atomic E-state index is 0.127. The van der Waals surface area contributed by atoms with Crippen LogP contribution in [-0.2, 0) is 9.16 Å². The molecule has 0 aliphatic heterocycles. The lowest BCUT2D eigenvalue weighted by Gasteiger charge is -2.15. The molecular weight excluding hydrogens is 220 g/mol. The maximum atomic E-state index is 9.56. The van der Waals surface area contributed by atoms with E-state index < -0.39 is 0 Å². The van der Waals surface area contributed by atoms with Gasteiger partial charge < -0.3 is 14.3 Å². The molecule has 3 nitrogen and oxygen atoms in total. The minimum atomic E-state index is -0.169. The first kappa shape index (κ1) is 13.2. The third-order valence-electron chi connectivity index (χ3n) is 2.26. The number of methoxy groups -OCH3 is 1. The van der Waals surface area contributed by atoms with Gasteiger partial charge in [0, 0.05) is 12.3 Å². The molecule has 4 heteroatoms. The third-order valence-corrected chi connectivity index (χ3v) is 3.28. The van der Waals surface area contributed by atoms with Crippen molar-refractivity contribution in [1.29, 1.82) is 0 Å². The Balaban J connectivity index is 2.40. The van der Waals surface area contributed by atoms with Gasteiger partial charge in [-0.25, -0.2) is 0 Å². The number of unbranched alkanes of at least 4 members (excludes halogenated alkanes) is 1. The number of benzene rings is 1. The molecule has 1 aromatic carbocycles. The Kier molecular flexibility index (Phi) is 6.14. The topological polar surface area (TPSA) is 38.7 Å². The Hall–Kier alpha value is -0.843. The molecule has 0 spiro atoms. The lowest BCUT2D eigenvalue weighted by Crippen LogP contribution is -2.25. The standard InChI is InChI=1S/C12H18O3Si/c1-3-4-9-12(14-2)15-16-11-8-6-5-7-10(11)13/h5-8,12-13H,3-4,9H2,1-2H3. The zero-order valence-corrected chi connectivity index (χ0v) is 10.8. The Labute approximate surface area is 99.3 Å². The normalized spacial score (nSPS) is 12.6. The van der Waals surface area contributed by atoms with E-state index in [9.17, 15) is 5.11 Å². The van der Waals surface area contributed by atoms with Crippen molar-refractivity contribution in [3.63, 3.8) is 0 Å². The van der Waals surface area contributed by atoms with Gasteiger partial charge in [0.25, 0.3) is 9.76 Å². The van der Waals surface area contributed by atoms with E-state index in [0.717, 1.165) is 24.4 Å². The maximum absolute atomic E-state index is 9.56. The van der Waals surface area contributed by atoms with Gasteiger partial charge in [-0.1, -0.05) is 31.5 Å². The van der Waals surface area contributed by atoms with Crippen LogP contribution < -0.4 is 5.19 Å². The smallest absolute Gasteiger partial charge is 0.276 e. The number of hydrogen-bond acceptors (Lipinski definition) is 3. The van der Waals surface area contributed by atoms with E-state index in [1.54, 1.807) is 19.2 Å². The first-order chi connectivity index (χ1) is 7.77. The summed E-state index contributed by atoms with van der Waals surface area (Å²) >= 11 is 0. The minimum Gasteiger partial charge on any atom is -0.508 e. The van der Waals surface area contributed by atoms with Crippen LogP contribution in [-0.4, -0.2) is 28.3 Å². The van der Waals surface area contributed by atoms with E-state index in [4.69, 9.17) is 9.16 Å². The molecule has 0 saturated carbocycles. The molecule has 88 valence electrons. The second-order valence-corrected chi connectivity index (χ2v) is 4.52. The highest BCUT2D eigenvalue weighted by Crippen LogP contribution is 2.07. The lowest BCUT2D eigenvalue weighted by molar-refractivity contribution is -0.0570. The van der Waals surface area contributed by atoms with Crippen LogP contribution in [0.1, 0.15) is 26.2 Å². The number of phenols is 1. The summed E-state index contributed by atoms with van der Waals surface area (Å²) in [7, 11) is 1.78. The highest BCUT2D eigenvalue weighted by molar-refractivity contribution is 6.48. The van der Waals surface area contributed by atoms with Gasteiger partial charge in [0.05, 0.1) is 0 Å². The van der Waals surface area contributed by atoms with E-state index in [1.807, 2.05) is 12.1 Å². The zero-order valence-electron chi connectivity index (χ0n) is 9.77. The quantitative estimate of drug-likeness (QED) is 0.581. The van der Waals surface area contributed by atoms with E-state index in [-0.39, 0.29) is 21.8 Å². The van der Waals surface area contributed by atoms with Crippen molar-refractivity contribution in [2.75, 3.05) is 7.11 Å². The lowest BCUT2D eigenvalue weighted by atomic mass is 10.2. The molecule has 0 saturated heterocycles. The highest BCUT2D eigenvalue weighted by Gasteiger charge is 2.09. The van der Waals surface area contributed by atoms with Crippen molar-refractivity contribution in [3.8, 4) is 5.75 Å². The van der Waals surface area contributed by atoms with Crippen molar-refractivity contribution >= 4 is 14.9 Å². The van der Waals surface area contributed by atoms with Gasteiger partial charge in [0.1, 0.15) is 12.0 Å². The molecule has 1 aromatic rings. The molecule has 0 aliphatic carbocycles. The number of rotatable bonds is 7. The maximum Gasteiger partial charge on any atom is 0.276 e. The van der Waals surface area contributed by atoms with E-state index in [1.165, 1.54) is 0 Å². The molecule has 0 aliphatic rings. The number of phenolic OH excluding ortho intramolecular Hbond substituents is 1. The molecule has 1 atom stereocenters. The zero-order chi connectivity index (χ0) is 11.8. The molecule has 0 amide bonds. The van der Waals surface area contributed by atoms with Gasteiger partial charge in [-0.2, -0.15) is 0 Å². The molecule has 1 N–H and O–H groups in total. The molecular formula is C12H18O3Si. The number of hydrogen-bond donors (Lipinski definition) is 1. The van der Waals surface area contributed by atoms with Crippen LogP contribution in [0.5, 0.6) is 5.75 Å². The number of aromatic hydroxyl groups is 1. The Bertz CT molecular complexity index is 304. The Morgan fingerprint density at radius 3 is 2.75 bits per heavy atom. The van der Waals surface area contributed by atoms with Crippen molar-refractivity contribution in [2.45, 2.75) is 32.5 Å². The summed E-state index contributed by atoms with van der Waals surface area (Å²) in [4.78, 5) is 0. The van der Waals surface area contributed by atoms with E-state index in [2.05, 4.69) is 6.92 Å². The van der Waals surface area contributed by atoms with Crippen LogP contribution in [0.3, 0.4) is 0 Å². The SMILES string of the molecule is CCCCC(OC)O[Si]c1ccccc1O. The summed E-state index contributed by atoms with van der Waals surface area (Å²) in [5, 5.41) is 10.4. The second-order valence-electron chi connectivity index (χ2n) is 3.54. The summed E-state index contributed by atoms with van der Waals surface area (Å²) in [6.45, 7) is 2.14. The summed E-state index contributed by atoms with van der Waals surface area (Å²) in [6.07, 6.45) is 2.94. The molecule has 0 fully saturated rings.